The molecule has 1 aliphatic heterocycles. The van der Waals surface area contributed by atoms with Gasteiger partial charge in [-0.1, -0.05) is 18.2 Å². The monoisotopic (exact) mass is 418 g/mol. The number of halogens is 1. The number of ether oxygens (including phenoxy) is 1. The van der Waals surface area contributed by atoms with Crippen molar-refractivity contribution in [3.05, 3.63) is 30.3 Å². The van der Waals surface area contributed by atoms with E-state index >= 15 is 0 Å². The summed E-state index contributed by atoms with van der Waals surface area (Å²) in [5, 5.41) is 6.43. The largest absolute Gasteiger partial charge is 0.383 e. The smallest absolute Gasteiger partial charge is 0.229 e. The van der Waals surface area contributed by atoms with E-state index in [0.29, 0.717) is 32.1 Å². The summed E-state index contributed by atoms with van der Waals surface area (Å²) in [7, 11) is 3.37. The van der Waals surface area contributed by atoms with E-state index in [-0.39, 0.29) is 35.9 Å². The second-order valence-electron chi connectivity index (χ2n) is 4.88. The Morgan fingerprint density at radius 3 is 2.77 bits per heavy atom. The molecule has 2 N–H and O–H groups in total. The predicted molar refractivity (Wildman–Crippen MR) is 99.0 cm³/mol. The lowest BCUT2D eigenvalue weighted by Crippen LogP contribution is -2.45. The van der Waals surface area contributed by atoms with Crippen molar-refractivity contribution in [2.75, 3.05) is 38.8 Å². The fourth-order valence-electron chi connectivity index (χ4n) is 2.32. The summed E-state index contributed by atoms with van der Waals surface area (Å²) in [6, 6.07) is 9.79. The maximum absolute atomic E-state index is 12.1. The van der Waals surface area contributed by atoms with Gasteiger partial charge >= 0.3 is 0 Å². The zero-order valence-electron chi connectivity index (χ0n) is 12.9. The van der Waals surface area contributed by atoms with Crippen molar-refractivity contribution in [2.24, 2.45) is 4.99 Å². The summed E-state index contributed by atoms with van der Waals surface area (Å²) in [5.74, 6) is 0.825. The highest BCUT2D eigenvalue weighted by Crippen LogP contribution is 2.20. The molecule has 1 unspecified atom stereocenters. The van der Waals surface area contributed by atoms with Crippen LogP contribution in [0.3, 0.4) is 0 Å². The molecular weight excluding hydrogens is 395 g/mol. The molecule has 1 aromatic carbocycles. The van der Waals surface area contributed by atoms with Crippen molar-refractivity contribution in [3.63, 3.8) is 0 Å². The molecule has 0 radical (unpaired) electrons. The number of methoxy groups -OCH3 is 1. The van der Waals surface area contributed by atoms with E-state index < -0.39 is 0 Å². The van der Waals surface area contributed by atoms with Crippen molar-refractivity contribution >= 4 is 41.5 Å². The Labute approximate surface area is 148 Å². The summed E-state index contributed by atoms with van der Waals surface area (Å²) in [6.45, 7) is 1.94. The van der Waals surface area contributed by atoms with E-state index in [1.54, 1.807) is 19.1 Å². The number of amides is 1. The van der Waals surface area contributed by atoms with Gasteiger partial charge in [0, 0.05) is 39.4 Å². The zero-order chi connectivity index (χ0) is 15.1. The molecule has 0 aromatic heterocycles. The second-order valence-corrected chi connectivity index (χ2v) is 4.88. The van der Waals surface area contributed by atoms with E-state index in [1.165, 1.54) is 0 Å². The van der Waals surface area contributed by atoms with Crippen molar-refractivity contribution in [1.29, 1.82) is 0 Å². The topological polar surface area (TPSA) is 66.0 Å². The van der Waals surface area contributed by atoms with Gasteiger partial charge in [0.2, 0.25) is 5.91 Å². The van der Waals surface area contributed by atoms with Gasteiger partial charge in [0.15, 0.2) is 5.96 Å². The van der Waals surface area contributed by atoms with Crippen LogP contribution in [0, 0.1) is 0 Å². The highest BCUT2D eigenvalue weighted by Gasteiger charge is 2.30. The first-order valence-electron chi connectivity index (χ1n) is 7.06. The molecule has 1 heterocycles. The van der Waals surface area contributed by atoms with Gasteiger partial charge in [-0.3, -0.25) is 9.79 Å². The molecule has 0 aliphatic carbocycles. The van der Waals surface area contributed by atoms with Crippen molar-refractivity contribution < 1.29 is 9.53 Å². The van der Waals surface area contributed by atoms with Crippen molar-refractivity contribution in [3.8, 4) is 0 Å². The molecule has 1 aliphatic rings. The van der Waals surface area contributed by atoms with Gasteiger partial charge in [-0.15, -0.1) is 24.0 Å². The fraction of sp³-hybridized carbons (Fsp3) is 0.467. The molecule has 1 fully saturated rings. The van der Waals surface area contributed by atoms with E-state index in [4.69, 9.17) is 4.74 Å². The number of carbonyl (C=O) groups excluding carboxylic acids is 1. The second kappa shape index (κ2) is 9.62. The minimum atomic E-state index is 0. The minimum Gasteiger partial charge on any atom is -0.383 e. The Bertz CT molecular complexity index is 496. The number of para-hydroxylation sites is 1. The normalized spacial score (nSPS) is 18.1. The molecule has 0 saturated carbocycles. The van der Waals surface area contributed by atoms with Gasteiger partial charge in [-0.05, 0) is 12.1 Å². The first-order valence-corrected chi connectivity index (χ1v) is 7.06. The first kappa shape index (κ1) is 18.7. The van der Waals surface area contributed by atoms with Gasteiger partial charge < -0.3 is 20.3 Å². The van der Waals surface area contributed by atoms with Crippen LogP contribution >= 0.6 is 24.0 Å². The van der Waals surface area contributed by atoms with Crippen LogP contribution in [-0.2, 0) is 9.53 Å². The molecule has 1 amide bonds. The predicted octanol–water partition coefficient (Wildman–Crippen LogP) is 1.22. The van der Waals surface area contributed by atoms with Crippen LogP contribution in [0.4, 0.5) is 5.69 Å². The number of hydrogen-bond acceptors (Lipinski definition) is 3. The number of carbonyl (C=O) groups is 1. The van der Waals surface area contributed by atoms with Gasteiger partial charge in [-0.25, -0.2) is 0 Å². The molecule has 0 bridgehead atoms. The molecule has 0 spiro atoms. The van der Waals surface area contributed by atoms with Crippen LogP contribution in [0.15, 0.2) is 35.3 Å². The highest BCUT2D eigenvalue weighted by molar-refractivity contribution is 14.0. The third-order valence-electron chi connectivity index (χ3n) is 3.36. The average molecular weight is 418 g/mol. The lowest BCUT2D eigenvalue weighted by Gasteiger charge is -2.18. The Hall–Kier alpha value is -1.35. The molecule has 1 atom stereocenters. The summed E-state index contributed by atoms with van der Waals surface area (Å²) in [5.41, 5.74) is 0.939. The zero-order valence-corrected chi connectivity index (χ0v) is 15.2. The van der Waals surface area contributed by atoms with Crippen LogP contribution in [0.25, 0.3) is 0 Å². The highest BCUT2D eigenvalue weighted by atomic mass is 127. The molecule has 1 aromatic rings. The number of guanidine groups is 1. The van der Waals surface area contributed by atoms with Gasteiger partial charge in [0.1, 0.15) is 0 Å². The maximum Gasteiger partial charge on any atom is 0.229 e. The van der Waals surface area contributed by atoms with Crippen LogP contribution in [0.2, 0.25) is 0 Å². The van der Waals surface area contributed by atoms with Gasteiger partial charge in [-0.2, -0.15) is 0 Å². The molecule has 22 heavy (non-hydrogen) atoms. The van der Waals surface area contributed by atoms with Crippen LogP contribution in [0.1, 0.15) is 6.42 Å². The summed E-state index contributed by atoms with van der Waals surface area (Å²) >= 11 is 0. The quantitative estimate of drug-likeness (QED) is 0.327. The molecule has 2 rings (SSSR count). The standard InChI is InChI=1S/C15H22N4O2.HI/c1-16-15(17-8-9-21-2)18-12-10-14(20)19(11-12)13-6-4-3-5-7-13;/h3-7,12H,8-11H2,1-2H3,(H2,16,17,18);1H. The van der Waals surface area contributed by atoms with Gasteiger partial charge in [0.25, 0.3) is 0 Å². The molecule has 7 heteroatoms. The number of benzene rings is 1. The molecular formula is C15H23IN4O2. The Kier molecular flexibility index (Phi) is 8.18. The number of nitrogens with one attached hydrogen (secondary N) is 2. The van der Waals surface area contributed by atoms with Crippen molar-refractivity contribution in [1.82, 2.24) is 10.6 Å². The van der Waals surface area contributed by atoms with E-state index in [9.17, 15) is 4.79 Å². The maximum atomic E-state index is 12.1. The number of anilines is 1. The van der Waals surface area contributed by atoms with Crippen LogP contribution < -0.4 is 15.5 Å². The fourth-order valence-corrected chi connectivity index (χ4v) is 2.32. The lowest BCUT2D eigenvalue weighted by molar-refractivity contribution is -0.117. The Balaban J connectivity index is 0.00000242. The SMILES string of the molecule is CN=C(NCCOC)NC1CC(=O)N(c2ccccc2)C1.I. The third kappa shape index (κ3) is 5.13. The Morgan fingerprint density at radius 2 is 2.14 bits per heavy atom. The first-order chi connectivity index (χ1) is 10.2. The van der Waals surface area contributed by atoms with E-state index in [2.05, 4.69) is 15.6 Å². The van der Waals surface area contributed by atoms with Crippen LogP contribution in [-0.4, -0.2) is 51.8 Å². The van der Waals surface area contributed by atoms with Crippen LogP contribution in [0.5, 0.6) is 0 Å². The number of hydrogen-bond donors (Lipinski definition) is 2. The van der Waals surface area contributed by atoms with E-state index in [0.717, 1.165) is 5.69 Å². The average Bonchev–Trinajstić information content (AvgIpc) is 2.88. The third-order valence-corrected chi connectivity index (χ3v) is 3.36. The summed E-state index contributed by atoms with van der Waals surface area (Å²) in [4.78, 5) is 18.1. The Morgan fingerprint density at radius 1 is 1.41 bits per heavy atom. The molecule has 122 valence electrons. The van der Waals surface area contributed by atoms with E-state index in [1.807, 2.05) is 30.3 Å². The molecule has 6 nitrogen and oxygen atoms in total. The number of rotatable bonds is 5. The van der Waals surface area contributed by atoms with Gasteiger partial charge in [0.05, 0.1) is 12.6 Å². The summed E-state index contributed by atoms with van der Waals surface area (Å²) < 4.78 is 4.99. The van der Waals surface area contributed by atoms with Crippen molar-refractivity contribution in [2.45, 2.75) is 12.5 Å². The number of nitrogens with zero attached hydrogens (tertiary/aromatic N) is 2. The molecule has 1 saturated heterocycles. The summed E-state index contributed by atoms with van der Waals surface area (Å²) in [6.07, 6.45) is 0.472. The lowest BCUT2D eigenvalue weighted by atomic mass is 10.2. The number of aliphatic imine (C=N–C) groups is 1. The minimum absolute atomic E-state index is 0.